The van der Waals surface area contributed by atoms with Crippen molar-refractivity contribution >= 4 is 23.7 Å². The largest absolute Gasteiger partial charge is 0.405 e. The summed E-state index contributed by atoms with van der Waals surface area (Å²) < 4.78 is 13.2. The maximum Gasteiger partial charge on any atom is 0.253 e. The van der Waals surface area contributed by atoms with Gasteiger partial charge in [0, 0.05) is 19.8 Å². The van der Waals surface area contributed by atoms with E-state index in [1.807, 2.05) is 13.8 Å². The van der Waals surface area contributed by atoms with Crippen LogP contribution in [0.4, 0.5) is 4.39 Å². The minimum Gasteiger partial charge on any atom is -0.405 e. The Labute approximate surface area is 217 Å². The van der Waals surface area contributed by atoms with E-state index in [1.54, 1.807) is 19.3 Å². The van der Waals surface area contributed by atoms with Crippen molar-refractivity contribution in [3.63, 3.8) is 0 Å². The molecule has 0 fully saturated rings. The molecule has 0 saturated heterocycles. The summed E-state index contributed by atoms with van der Waals surface area (Å²) in [5.41, 5.74) is 7.02. The molecule has 35 heavy (non-hydrogen) atoms. The van der Waals surface area contributed by atoms with E-state index in [-0.39, 0.29) is 17.5 Å². The van der Waals surface area contributed by atoms with Crippen LogP contribution in [0.3, 0.4) is 0 Å². The zero-order chi connectivity index (χ0) is 27.1. The van der Waals surface area contributed by atoms with Gasteiger partial charge in [-0.2, -0.15) is 0 Å². The highest BCUT2D eigenvalue weighted by molar-refractivity contribution is 6.30. The number of nitrogens with one attached hydrogen (secondary N) is 2. The number of benzene rings is 1. The number of aliphatic imine (C=N–C) groups is 1. The van der Waals surface area contributed by atoms with E-state index in [0.717, 1.165) is 18.5 Å². The molecule has 198 valence electrons. The highest BCUT2D eigenvalue weighted by atomic mass is 35.5. The minimum absolute atomic E-state index is 0.0268. The molecule has 0 aliphatic rings. The molecule has 1 amide bonds. The second-order valence-corrected chi connectivity index (χ2v) is 8.18. The third-order valence-electron chi connectivity index (χ3n) is 4.78. The van der Waals surface area contributed by atoms with Crippen LogP contribution < -0.4 is 16.4 Å². The van der Waals surface area contributed by atoms with Crippen LogP contribution in [-0.4, -0.2) is 19.2 Å². The predicted molar refractivity (Wildman–Crippen MR) is 151 cm³/mol. The van der Waals surface area contributed by atoms with Gasteiger partial charge in [-0.25, -0.2) is 4.39 Å². The van der Waals surface area contributed by atoms with Gasteiger partial charge in [0.15, 0.2) is 0 Å². The van der Waals surface area contributed by atoms with E-state index in [4.69, 9.17) is 11.6 Å². The molecule has 0 unspecified atom stereocenters. The van der Waals surface area contributed by atoms with Gasteiger partial charge in [-0.05, 0) is 37.2 Å². The number of carbonyl (C=O) groups is 1. The van der Waals surface area contributed by atoms with Gasteiger partial charge in [-0.15, -0.1) is 0 Å². The van der Waals surface area contributed by atoms with Crippen molar-refractivity contribution in [2.45, 2.75) is 85.6 Å². The molecule has 1 aromatic rings. The number of hydrogen-bond donors (Lipinski definition) is 3. The van der Waals surface area contributed by atoms with Gasteiger partial charge in [0.25, 0.3) is 5.91 Å². The second-order valence-electron chi connectivity index (χ2n) is 7.77. The number of halogens is 2. The van der Waals surface area contributed by atoms with E-state index < -0.39 is 5.82 Å². The molecule has 1 aromatic carbocycles. The van der Waals surface area contributed by atoms with E-state index >= 15 is 0 Å². The fourth-order valence-corrected chi connectivity index (χ4v) is 3.22. The summed E-state index contributed by atoms with van der Waals surface area (Å²) in [5.74, 6) is -0.808. The van der Waals surface area contributed by atoms with Gasteiger partial charge in [-0.3, -0.25) is 9.79 Å². The lowest BCUT2D eigenvalue weighted by molar-refractivity contribution is -0.117. The van der Waals surface area contributed by atoms with Gasteiger partial charge in [-0.1, -0.05) is 96.5 Å². The number of nitrogens with two attached hydrogens (primary N) is 1. The Balaban J connectivity index is 0. The summed E-state index contributed by atoms with van der Waals surface area (Å²) in [7, 11) is 1.73. The van der Waals surface area contributed by atoms with Crippen molar-refractivity contribution in [2.75, 3.05) is 7.05 Å². The summed E-state index contributed by atoms with van der Waals surface area (Å²) in [6, 6.07) is 4.33. The fraction of sp³-hybridized carbons (Fsp3) is 0.500. The van der Waals surface area contributed by atoms with Crippen LogP contribution in [0.1, 0.15) is 84.6 Å². The third kappa shape index (κ3) is 16.6. The first kappa shape index (κ1) is 34.6. The van der Waals surface area contributed by atoms with Gasteiger partial charge >= 0.3 is 0 Å². The van der Waals surface area contributed by atoms with Gasteiger partial charge < -0.3 is 16.4 Å². The maximum atomic E-state index is 13.2. The molecule has 0 bridgehead atoms. The number of allylic oxidation sites excluding steroid dienone is 1. The third-order valence-corrected chi connectivity index (χ3v) is 5.07. The normalized spacial score (nSPS) is 10.8. The SMILES string of the molecule is C=C(C(=O)NCc1ccc(F)c(Cl)c1)/C(NC)=C(/CCC)N=CC.C=CN.CCCCCCCC. The summed E-state index contributed by atoms with van der Waals surface area (Å²) in [6.45, 7) is 15.6. The Morgan fingerprint density at radius 1 is 1.14 bits per heavy atom. The van der Waals surface area contributed by atoms with Crippen molar-refractivity contribution < 1.29 is 9.18 Å². The van der Waals surface area contributed by atoms with Gasteiger partial charge in [0.1, 0.15) is 5.82 Å². The van der Waals surface area contributed by atoms with Crippen molar-refractivity contribution in [1.29, 1.82) is 0 Å². The van der Waals surface area contributed by atoms with E-state index in [2.05, 4.69) is 48.4 Å². The predicted octanol–water partition coefficient (Wildman–Crippen LogP) is 7.43. The zero-order valence-electron chi connectivity index (χ0n) is 22.4. The molecule has 5 nitrogen and oxygen atoms in total. The number of amides is 1. The highest BCUT2D eigenvalue weighted by Crippen LogP contribution is 2.18. The average molecular weight is 509 g/mol. The van der Waals surface area contributed by atoms with Crippen molar-refractivity contribution in [3.05, 3.63) is 70.9 Å². The lowest BCUT2D eigenvalue weighted by atomic mass is 10.1. The van der Waals surface area contributed by atoms with Crippen LogP contribution in [0.5, 0.6) is 0 Å². The summed E-state index contributed by atoms with van der Waals surface area (Å²) in [5, 5.41) is 5.78. The number of likely N-dealkylation sites (N-methyl/N-ethyl adjacent to an activating group) is 1. The molecule has 7 heteroatoms. The summed E-state index contributed by atoms with van der Waals surface area (Å²) in [6.07, 6.45) is 13.1. The van der Waals surface area contributed by atoms with Crippen LogP contribution in [-0.2, 0) is 11.3 Å². The zero-order valence-corrected chi connectivity index (χ0v) is 23.1. The molecule has 0 aliphatic carbocycles. The smallest absolute Gasteiger partial charge is 0.253 e. The molecule has 0 atom stereocenters. The number of unbranched alkanes of at least 4 members (excludes halogenated alkanes) is 5. The first-order chi connectivity index (χ1) is 16.8. The average Bonchev–Trinajstić information content (AvgIpc) is 2.84. The lowest BCUT2D eigenvalue weighted by Crippen LogP contribution is -2.28. The molecule has 0 aromatic heterocycles. The number of hydrogen-bond acceptors (Lipinski definition) is 4. The number of carbonyl (C=O) groups excluding carboxylic acids is 1. The molecule has 1 rings (SSSR count). The molecular formula is C28H46ClFN4O. The van der Waals surface area contributed by atoms with Crippen LogP contribution in [0.25, 0.3) is 0 Å². The molecule has 4 N–H and O–H groups in total. The van der Waals surface area contributed by atoms with Crippen molar-refractivity contribution in [1.82, 2.24) is 10.6 Å². The van der Waals surface area contributed by atoms with E-state index in [0.29, 0.717) is 16.8 Å². The molecule has 0 heterocycles. The monoisotopic (exact) mass is 508 g/mol. The Morgan fingerprint density at radius 3 is 2.14 bits per heavy atom. The second kappa shape index (κ2) is 23.2. The van der Waals surface area contributed by atoms with E-state index in [9.17, 15) is 9.18 Å². The first-order valence-electron chi connectivity index (χ1n) is 12.4. The van der Waals surface area contributed by atoms with Crippen LogP contribution in [0.2, 0.25) is 5.02 Å². The summed E-state index contributed by atoms with van der Waals surface area (Å²) in [4.78, 5) is 16.7. The van der Waals surface area contributed by atoms with Crippen LogP contribution in [0, 0.1) is 5.82 Å². The summed E-state index contributed by atoms with van der Waals surface area (Å²) >= 11 is 5.74. The van der Waals surface area contributed by atoms with Crippen molar-refractivity contribution in [2.24, 2.45) is 10.7 Å². The van der Waals surface area contributed by atoms with Crippen molar-refractivity contribution in [3.8, 4) is 0 Å². The van der Waals surface area contributed by atoms with E-state index in [1.165, 1.54) is 56.9 Å². The Morgan fingerprint density at radius 2 is 1.71 bits per heavy atom. The number of rotatable bonds is 13. The maximum absolute atomic E-state index is 13.2. The number of nitrogens with zero attached hydrogens (tertiary/aromatic N) is 1. The fourth-order valence-electron chi connectivity index (χ4n) is 3.02. The molecule has 0 radical (unpaired) electrons. The van der Waals surface area contributed by atoms with Gasteiger partial charge in [0.05, 0.1) is 22.0 Å². The molecular weight excluding hydrogens is 463 g/mol. The van der Waals surface area contributed by atoms with Gasteiger partial charge in [0.2, 0.25) is 0 Å². The molecule has 0 spiro atoms. The van der Waals surface area contributed by atoms with Crippen LogP contribution in [0.15, 0.2) is 59.5 Å². The lowest BCUT2D eigenvalue weighted by Gasteiger charge is -2.14. The Kier molecular flexibility index (Phi) is 22.9. The molecule has 0 aliphatic heterocycles. The Bertz CT molecular complexity index is 800. The quantitative estimate of drug-likeness (QED) is 0.112. The minimum atomic E-state index is -0.488. The topological polar surface area (TPSA) is 79.5 Å². The first-order valence-corrected chi connectivity index (χ1v) is 12.8. The van der Waals surface area contributed by atoms with Crippen LogP contribution >= 0.6 is 11.6 Å². The molecule has 0 saturated carbocycles. The Hall–Kier alpha value is -2.60. The standard InChI is InChI=1S/C18H23ClFN3O.C8H18.C2H5N/c1-5-7-16(22-6-2)17(21-4)12(3)18(24)23-11-13-8-9-15(20)14(19)10-13;1-3-5-7-8-6-4-2;1-2-3/h6,8-10,21H,3,5,7,11H2,1-2,4H3,(H,23,24);3-8H2,1-2H3;2H,1,3H2/b17-16+,22-6?;;. The highest BCUT2D eigenvalue weighted by Gasteiger charge is 2.15.